The molecule has 0 radical (unpaired) electrons. The molecule has 2 aliphatic rings. The molecule has 0 aliphatic carbocycles. The molecule has 0 fully saturated rings. The second-order valence-corrected chi connectivity index (χ2v) is 6.39. The minimum absolute atomic E-state index is 0.143. The predicted octanol–water partition coefficient (Wildman–Crippen LogP) is 3.43. The number of nitrogens with one attached hydrogen (secondary N) is 1. The molecular weight excluding hydrogens is 298 g/mol. The summed E-state index contributed by atoms with van der Waals surface area (Å²) in [6.45, 7) is 5.39. The van der Waals surface area contributed by atoms with Crippen molar-refractivity contribution in [1.82, 2.24) is 0 Å². The summed E-state index contributed by atoms with van der Waals surface area (Å²) in [6, 6.07) is 7.73. The number of hydrogen-bond donors (Lipinski definition) is 1. The highest BCUT2D eigenvalue weighted by molar-refractivity contribution is 8.14. The number of carbonyl (C=O) groups is 1. The smallest absolute Gasteiger partial charge is 0.259 e. The number of aryl methyl sites for hydroxylation is 2. The lowest BCUT2D eigenvalue weighted by atomic mass is 10.2. The van der Waals surface area contributed by atoms with Crippen LogP contribution in [0.1, 0.15) is 21.9 Å². The Bertz CT molecular complexity index is 810. The van der Waals surface area contributed by atoms with Gasteiger partial charge in [0.1, 0.15) is 11.5 Å². The number of furan rings is 1. The van der Waals surface area contributed by atoms with Crippen LogP contribution in [0.3, 0.4) is 0 Å². The third-order valence-corrected chi connectivity index (χ3v) is 4.89. The highest BCUT2D eigenvalue weighted by Crippen LogP contribution is 2.43. The van der Waals surface area contributed by atoms with E-state index < -0.39 is 0 Å². The maximum atomic E-state index is 12.4. The van der Waals surface area contributed by atoms with Gasteiger partial charge in [-0.25, -0.2) is 0 Å². The van der Waals surface area contributed by atoms with E-state index in [0.717, 1.165) is 35.4 Å². The highest BCUT2D eigenvalue weighted by Gasteiger charge is 2.29. The van der Waals surface area contributed by atoms with Crippen molar-refractivity contribution in [2.24, 2.45) is 4.99 Å². The van der Waals surface area contributed by atoms with Crippen molar-refractivity contribution in [1.29, 1.82) is 0 Å². The summed E-state index contributed by atoms with van der Waals surface area (Å²) >= 11 is 1.68. The Kier molecular flexibility index (Phi) is 3.00. The van der Waals surface area contributed by atoms with E-state index in [-0.39, 0.29) is 5.91 Å². The maximum Gasteiger partial charge on any atom is 0.259 e. The van der Waals surface area contributed by atoms with Gasteiger partial charge in [-0.2, -0.15) is 0 Å². The van der Waals surface area contributed by atoms with Gasteiger partial charge in [0.15, 0.2) is 5.17 Å². The number of amides is 1. The van der Waals surface area contributed by atoms with E-state index in [0.29, 0.717) is 11.3 Å². The molecule has 1 aromatic carbocycles. The Morgan fingerprint density at radius 1 is 1.36 bits per heavy atom. The van der Waals surface area contributed by atoms with Crippen molar-refractivity contribution >= 4 is 34.2 Å². The average Bonchev–Trinajstić information content (AvgIpc) is 3.13. The second kappa shape index (κ2) is 4.91. The monoisotopic (exact) mass is 313 g/mol. The van der Waals surface area contributed by atoms with Crippen LogP contribution in [-0.2, 0) is 0 Å². The lowest BCUT2D eigenvalue weighted by Gasteiger charge is -2.13. The maximum absolute atomic E-state index is 12.4. The van der Waals surface area contributed by atoms with Gasteiger partial charge in [0, 0.05) is 17.1 Å². The van der Waals surface area contributed by atoms with E-state index >= 15 is 0 Å². The van der Waals surface area contributed by atoms with Crippen molar-refractivity contribution in [3.05, 3.63) is 41.3 Å². The second-order valence-electron chi connectivity index (χ2n) is 5.38. The number of anilines is 2. The van der Waals surface area contributed by atoms with Gasteiger partial charge in [-0.3, -0.25) is 9.79 Å². The van der Waals surface area contributed by atoms with E-state index in [2.05, 4.69) is 15.2 Å². The fourth-order valence-corrected chi connectivity index (χ4v) is 3.85. The summed E-state index contributed by atoms with van der Waals surface area (Å²) in [4.78, 5) is 20.2. The summed E-state index contributed by atoms with van der Waals surface area (Å²) in [7, 11) is 0. The van der Waals surface area contributed by atoms with Crippen LogP contribution >= 0.6 is 11.8 Å². The van der Waals surface area contributed by atoms with E-state index in [1.807, 2.05) is 25.1 Å². The number of carbonyl (C=O) groups excluding carboxylic acids is 1. The quantitative estimate of drug-likeness (QED) is 0.923. The Morgan fingerprint density at radius 2 is 2.23 bits per heavy atom. The summed E-state index contributed by atoms with van der Waals surface area (Å²) in [5.41, 5.74) is 2.49. The summed E-state index contributed by atoms with van der Waals surface area (Å²) in [5, 5.41) is 4.00. The van der Waals surface area contributed by atoms with Gasteiger partial charge in [0.05, 0.1) is 17.8 Å². The molecule has 4 rings (SSSR count). The molecule has 0 saturated heterocycles. The van der Waals surface area contributed by atoms with Crippen LogP contribution in [0.5, 0.6) is 0 Å². The average molecular weight is 313 g/mol. The summed E-state index contributed by atoms with van der Waals surface area (Å²) in [6.07, 6.45) is 0. The molecule has 22 heavy (non-hydrogen) atoms. The number of thioether (sulfide) groups is 1. The molecule has 0 spiro atoms. The van der Waals surface area contributed by atoms with E-state index in [4.69, 9.17) is 4.42 Å². The molecule has 1 amide bonds. The van der Waals surface area contributed by atoms with Gasteiger partial charge >= 0.3 is 0 Å². The zero-order chi connectivity index (χ0) is 15.3. The van der Waals surface area contributed by atoms with Gasteiger partial charge in [-0.05, 0) is 49.9 Å². The number of rotatable bonds is 2. The minimum Gasteiger partial charge on any atom is -0.466 e. The van der Waals surface area contributed by atoms with Gasteiger partial charge in [0.25, 0.3) is 5.91 Å². The standard InChI is InChI=1S/C16H15N3O2S/c1-9-7-12(10(2)21-9)15(20)18-11-3-4-14-13(8-11)19-6-5-17-16(19)22-14/h3-4,7-8H,5-6H2,1-2H3,(H,18,20). The first-order valence-corrected chi connectivity index (χ1v) is 7.96. The lowest BCUT2D eigenvalue weighted by Crippen LogP contribution is -2.21. The molecule has 5 nitrogen and oxygen atoms in total. The van der Waals surface area contributed by atoms with Crippen LogP contribution in [0.15, 0.2) is 38.6 Å². The van der Waals surface area contributed by atoms with Crippen molar-refractivity contribution in [2.45, 2.75) is 18.7 Å². The number of hydrogen-bond acceptors (Lipinski definition) is 5. The first kappa shape index (κ1) is 13.5. The van der Waals surface area contributed by atoms with Crippen LogP contribution in [0.2, 0.25) is 0 Å². The molecule has 2 aromatic rings. The van der Waals surface area contributed by atoms with Crippen molar-refractivity contribution in [2.75, 3.05) is 23.3 Å². The van der Waals surface area contributed by atoms with E-state index in [1.165, 1.54) is 4.90 Å². The van der Waals surface area contributed by atoms with Crippen molar-refractivity contribution in [3.8, 4) is 0 Å². The Labute approximate surface area is 132 Å². The SMILES string of the molecule is Cc1cc(C(=O)Nc2ccc3c(c2)N2CCN=C2S3)c(C)o1. The molecule has 0 atom stereocenters. The molecule has 0 saturated carbocycles. The molecule has 1 N–H and O–H groups in total. The van der Waals surface area contributed by atoms with Crippen LogP contribution in [0.25, 0.3) is 0 Å². The highest BCUT2D eigenvalue weighted by atomic mass is 32.2. The Balaban J connectivity index is 1.60. The molecule has 1 aromatic heterocycles. The summed E-state index contributed by atoms with van der Waals surface area (Å²) in [5.74, 6) is 1.24. The number of aliphatic imine (C=N–C) groups is 1. The molecular formula is C16H15N3O2S. The predicted molar refractivity (Wildman–Crippen MR) is 88.1 cm³/mol. The number of nitrogens with zero attached hydrogens (tertiary/aromatic N) is 2. The Hall–Kier alpha value is -2.21. The van der Waals surface area contributed by atoms with Crippen molar-refractivity contribution < 1.29 is 9.21 Å². The fourth-order valence-electron chi connectivity index (χ4n) is 2.78. The number of fused-ring (bicyclic) bond motifs is 3. The normalized spacial score (nSPS) is 15.5. The first-order chi connectivity index (χ1) is 10.6. The minimum atomic E-state index is -0.143. The first-order valence-electron chi connectivity index (χ1n) is 7.14. The van der Waals surface area contributed by atoms with Crippen LogP contribution in [0.4, 0.5) is 11.4 Å². The Morgan fingerprint density at radius 3 is 3.00 bits per heavy atom. The van der Waals surface area contributed by atoms with Gasteiger partial charge in [-0.1, -0.05) is 0 Å². The van der Waals surface area contributed by atoms with Gasteiger partial charge in [0.2, 0.25) is 0 Å². The zero-order valence-corrected chi connectivity index (χ0v) is 13.2. The molecule has 2 aliphatic heterocycles. The number of amidine groups is 1. The van der Waals surface area contributed by atoms with E-state index in [9.17, 15) is 4.79 Å². The third kappa shape index (κ3) is 2.11. The molecule has 0 unspecified atom stereocenters. The largest absolute Gasteiger partial charge is 0.466 e. The third-order valence-electron chi connectivity index (χ3n) is 3.80. The van der Waals surface area contributed by atoms with Crippen molar-refractivity contribution in [3.63, 3.8) is 0 Å². The lowest BCUT2D eigenvalue weighted by molar-refractivity contribution is 0.102. The van der Waals surface area contributed by atoms with Gasteiger partial charge in [-0.15, -0.1) is 0 Å². The molecule has 112 valence electrons. The van der Waals surface area contributed by atoms with Crippen LogP contribution in [-0.4, -0.2) is 24.2 Å². The molecule has 6 heteroatoms. The van der Waals surface area contributed by atoms with Crippen LogP contribution in [0, 0.1) is 13.8 Å². The summed E-state index contributed by atoms with van der Waals surface area (Å²) < 4.78 is 5.42. The molecule has 0 bridgehead atoms. The number of benzene rings is 1. The fraction of sp³-hybridized carbons (Fsp3) is 0.250. The van der Waals surface area contributed by atoms with Crippen LogP contribution < -0.4 is 10.2 Å². The van der Waals surface area contributed by atoms with Gasteiger partial charge < -0.3 is 14.6 Å². The molecule has 3 heterocycles. The van der Waals surface area contributed by atoms with E-state index in [1.54, 1.807) is 24.8 Å². The topological polar surface area (TPSA) is 57.8 Å². The zero-order valence-electron chi connectivity index (χ0n) is 12.3.